The van der Waals surface area contributed by atoms with E-state index in [1.54, 1.807) is 14.2 Å². The van der Waals surface area contributed by atoms with Crippen molar-refractivity contribution in [3.05, 3.63) is 23.8 Å². The number of benzene rings is 1. The average Bonchev–Trinajstić information content (AvgIpc) is 2.45. The van der Waals surface area contributed by atoms with Gasteiger partial charge in [0.05, 0.1) is 14.2 Å². The number of alkyl halides is 1. The quantitative estimate of drug-likeness (QED) is 0.693. The Hall–Kier alpha value is -0.700. The Bertz CT molecular complexity index is 462. The first kappa shape index (κ1) is 16.7. The lowest BCUT2D eigenvalue weighted by molar-refractivity contribution is 0.205. The summed E-state index contributed by atoms with van der Waals surface area (Å²) in [5.74, 6) is 3.25. The minimum Gasteiger partial charge on any atom is -0.496 e. The van der Waals surface area contributed by atoms with Crippen molar-refractivity contribution < 1.29 is 9.47 Å². The van der Waals surface area contributed by atoms with Crippen LogP contribution in [0.3, 0.4) is 0 Å². The summed E-state index contributed by atoms with van der Waals surface area (Å²) < 4.78 is 11.3. The first-order chi connectivity index (χ1) is 9.91. The topological polar surface area (TPSA) is 18.5 Å². The molecule has 21 heavy (non-hydrogen) atoms. The lowest BCUT2D eigenvalue weighted by Crippen LogP contribution is -2.39. The monoisotopic (exact) mass is 354 g/mol. The second-order valence-corrected chi connectivity index (χ2v) is 7.98. The molecule has 2 rings (SSSR count). The van der Waals surface area contributed by atoms with Crippen molar-refractivity contribution in [1.29, 1.82) is 0 Å². The molecule has 1 aromatic carbocycles. The Morgan fingerprint density at radius 3 is 2.14 bits per heavy atom. The molecule has 3 atom stereocenters. The van der Waals surface area contributed by atoms with Crippen LogP contribution in [0.4, 0.5) is 0 Å². The van der Waals surface area contributed by atoms with Crippen LogP contribution < -0.4 is 9.47 Å². The number of hydrogen-bond donors (Lipinski definition) is 0. The third-order valence-corrected chi connectivity index (χ3v) is 6.05. The van der Waals surface area contributed by atoms with E-state index >= 15 is 0 Å². The molecule has 0 spiro atoms. The van der Waals surface area contributed by atoms with Gasteiger partial charge in [-0.05, 0) is 36.8 Å². The number of rotatable bonds is 4. The van der Waals surface area contributed by atoms with Gasteiger partial charge in [-0.2, -0.15) is 0 Å². The van der Waals surface area contributed by atoms with E-state index in [4.69, 9.17) is 9.47 Å². The fourth-order valence-electron chi connectivity index (χ4n) is 3.80. The first-order valence-corrected chi connectivity index (χ1v) is 8.69. The minimum atomic E-state index is 0.00620. The summed E-state index contributed by atoms with van der Waals surface area (Å²) in [4.78, 5) is 0.547. The lowest BCUT2D eigenvalue weighted by atomic mass is 9.65. The highest BCUT2D eigenvalue weighted by atomic mass is 79.9. The van der Waals surface area contributed by atoms with Crippen LogP contribution in [0.2, 0.25) is 0 Å². The molecule has 1 aliphatic rings. The molecule has 3 unspecified atom stereocenters. The van der Waals surface area contributed by atoms with Crippen molar-refractivity contribution in [3.63, 3.8) is 0 Å². The Kier molecular flexibility index (Phi) is 5.24. The Balaban J connectivity index is 2.43. The molecule has 0 bridgehead atoms. The predicted molar refractivity (Wildman–Crippen MR) is 91.8 cm³/mol. The van der Waals surface area contributed by atoms with Crippen molar-refractivity contribution in [2.45, 2.75) is 50.3 Å². The standard InChI is InChI=1S/C18H27BrO2/c1-12-9-10-13(14(19)11-12)18(2,3)17-15(20-4)7-6-8-16(17)21-5/h6-8,12-14H,9-11H2,1-5H3. The highest BCUT2D eigenvalue weighted by molar-refractivity contribution is 9.09. The number of hydrogen-bond acceptors (Lipinski definition) is 2. The van der Waals surface area contributed by atoms with Gasteiger partial charge in [-0.1, -0.05) is 49.2 Å². The van der Waals surface area contributed by atoms with Crippen LogP contribution in [0.1, 0.15) is 45.6 Å². The van der Waals surface area contributed by atoms with Crippen LogP contribution in [-0.2, 0) is 5.41 Å². The highest BCUT2D eigenvalue weighted by Crippen LogP contribution is 2.50. The largest absolute Gasteiger partial charge is 0.496 e. The van der Waals surface area contributed by atoms with Crippen LogP contribution in [0.25, 0.3) is 0 Å². The smallest absolute Gasteiger partial charge is 0.126 e. The second-order valence-electron chi connectivity index (χ2n) is 6.80. The van der Waals surface area contributed by atoms with E-state index in [2.05, 4.69) is 36.7 Å². The molecule has 0 aliphatic heterocycles. The van der Waals surface area contributed by atoms with Crippen LogP contribution >= 0.6 is 15.9 Å². The predicted octanol–water partition coefficient (Wildman–Crippen LogP) is 5.18. The maximum Gasteiger partial charge on any atom is 0.126 e. The van der Waals surface area contributed by atoms with Crippen molar-refractivity contribution in [2.24, 2.45) is 11.8 Å². The van der Waals surface area contributed by atoms with E-state index in [1.807, 2.05) is 18.2 Å². The highest BCUT2D eigenvalue weighted by Gasteiger charge is 2.41. The molecule has 1 aromatic rings. The number of halogens is 1. The molecule has 1 aliphatic carbocycles. The molecule has 2 nitrogen and oxygen atoms in total. The van der Waals surface area contributed by atoms with Crippen molar-refractivity contribution in [2.75, 3.05) is 14.2 Å². The van der Waals surface area contributed by atoms with Gasteiger partial charge in [-0.3, -0.25) is 0 Å². The maximum atomic E-state index is 5.63. The molecule has 1 fully saturated rings. The third-order valence-electron chi connectivity index (χ3n) is 5.03. The normalized spacial score (nSPS) is 26.5. The van der Waals surface area contributed by atoms with Crippen LogP contribution in [0, 0.1) is 11.8 Å². The van der Waals surface area contributed by atoms with Gasteiger partial charge in [0, 0.05) is 15.8 Å². The van der Waals surface area contributed by atoms with Crippen LogP contribution in [-0.4, -0.2) is 19.0 Å². The minimum absolute atomic E-state index is 0.00620. The molecule has 118 valence electrons. The summed E-state index contributed by atoms with van der Waals surface area (Å²) in [6, 6.07) is 6.06. The Morgan fingerprint density at radius 1 is 1.10 bits per heavy atom. The first-order valence-electron chi connectivity index (χ1n) is 7.77. The summed E-state index contributed by atoms with van der Waals surface area (Å²) in [6.07, 6.45) is 3.78. The van der Waals surface area contributed by atoms with E-state index in [0.29, 0.717) is 10.7 Å². The second kappa shape index (κ2) is 6.60. The van der Waals surface area contributed by atoms with Crippen molar-refractivity contribution in [3.8, 4) is 11.5 Å². The van der Waals surface area contributed by atoms with Gasteiger partial charge in [-0.15, -0.1) is 0 Å². The summed E-state index contributed by atoms with van der Waals surface area (Å²) in [5, 5.41) is 0. The molecular formula is C18H27BrO2. The van der Waals surface area contributed by atoms with Gasteiger partial charge in [0.2, 0.25) is 0 Å². The molecule has 1 saturated carbocycles. The van der Waals surface area contributed by atoms with E-state index in [0.717, 1.165) is 17.4 Å². The fraction of sp³-hybridized carbons (Fsp3) is 0.667. The molecule has 0 amide bonds. The number of ether oxygens (including phenoxy) is 2. The van der Waals surface area contributed by atoms with Gasteiger partial charge in [0.15, 0.2) is 0 Å². The zero-order valence-corrected chi connectivity index (χ0v) is 15.4. The molecular weight excluding hydrogens is 328 g/mol. The maximum absolute atomic E-state index is 5.63. The SMILES string of the molecule is COc1cccc(OC)c1C(C)(C)C1CCC(C)CC1Br. The summed E-state index contributed by atoms with van der Waals surface area (Å²) in [5.41, 5.74) is 1.20. The Morgan fingerprint density at radius 2 is 1.67 bits per heavy atom. The van der Waals surface area contributed by atoms with Crippen LogP contribution in [0.5, 0.6) is 11.5 Å². The average molecular weight is 355 g/mol. The van der Waals surface area contributed by atoms with Gasteiger partial charge in [0.25, 0.3) is 0 Å². The van der Waals surface area contributed by atoms with Gasteiger partial charge < -0.3 is 9.47 Å². The van der Waals surface area contributed by atoms with Crippen LogP contribution in [0.15, 0.2) is 18.2 Å². The lowest BCUT2D eigenvalue weighted by Gasteiger charge is -2.43. The van der Waals surface area contributed by atoms with Crippen molar-refractivity contribution in [1.82, 2.24) is 0 Å². The molecule has 3 heteroatoms. The van der Waals surface area contributed by atoms with E-state index in [1.165, 1.54) is 24.8 Å². The van der Waals surface area contributed by atoms with Crippen molar-refractivity contribution >= 4 is 15.9 Å². The van der Waals surface area contributed by atoms with Gasteiger partial charge in [-0.25, -0.2) is 0 Å². The molecule has 0 radical (unpaired) electrons. The zero-order chi connectivity index (χ0) is 15.6. The van der Waals surface area contributed by atoms with E-state index < -0.39 is 0 Å². The van der Waals surface area contributed by atoms with Gasteiger partial charge in [0.1, 0.15) is 11.5 Å². The number of methoxy groups -OCH3 is 2. The van der Waals surface area contributed by atoms with E-state index in [9.17, 15) is 0 Å². The molecule has 0 N–H and O–H groups in total. The summed E-state index contributed by atoms with van der Waals surface area (Å²) in [7, 11) is 3.48. The molecule has 0 saturated heterocycles. The summed E-state index contributed by atoms with van der Waals surface area (Å²) in [6.45, 7) is 6.99. The zero-order valence-electron chi connectivity index (χ0n) is 13.8. The molecule has 0 aromatic heterocycles. The summed E-state index contributed by atoms with van der Waals surface area (Å²) >= 11 is 3.94. The fourth-order valence-corrected chi connectivity index (χ4v) is 5.36. The Labute approximate surface area is 137 Å². The van der Waals surface area contributed by atoms with E-state index in [-0.39, 0.29) is 5.41 Å². The third kappa shape index (κ3) is 3.23. The van der Waals surface area contributed by atoms with Gasteiger partial charge >= 0.3 is 0 Å². The molecule has 0 heterocycles.